The molecule has 1 aromatic carbocycles. The van der Waals surface area contributed by atoms with E-state index in [1.54, 1.807) is 11.9 Å². The number of aryl methyl sites for hydroxylation is 1. The Morgan fingerprint density at radius 1 is 1.12 bits per heavy atom. The first-order chi connectivity index (χ1) is 11.7. The van der Waals surface area contributed by atoms with Gasteiger partial charge in [0.25, 0.3) is 0 Å². The lowest BCUT2D eigenvalue weighted by molar-refractivity contribution is -0.115. The van der Waals surface area contributed by atoms with E-state index >= 15 is 0 Å². The van der Waals surface area contributed by atoms with E-state index in [2.05, 4.69) is 10.2 Å². The molecule has 124 valence electrons. The zero-order valence-electron chi connectivity index (χ0n) is 13.7. The SMILES string of the molecule is CCc1nnc(SCC(=O)N(C)c2ccccc2)n1-n1cccc1. The molecule has 24 heavy (non-hydrogen) atoms. The smallest absolute Gasteiger partial charge is 0.237 e. The maximum atomic E-state index is 12.4. The van der Waals surface area contributed by atoms with Crippen LogP contribution < -0.4 is 4.90 Å². The minimum atomic E-state index is 0.0197. The highest BCUT2D eigenvalue weighted by molar-refractivity contribution is 7.99. The molecule has 3 aromatic rings. The molecular formula is C17H19N5OS. The highest BCUT2D eigenvalue weighted by Gasteiger charge is 2.16. The molecule has 0 fully saturated rings. The fraction of sp³-hybridized carbons (Fsp3) is 0.235. The van der Waals surface area contributed by atoms with Crippen molar-refractivity contribution in [1.82, 2.24) is 19.5 Å². The van der Waals surface area contributed by atoms with Gasteiger partial charge >= 0.3 is 0 Å². The first kappa shape index (κ1) is 16.3. The van der Waals surface area contributed by atoms with E-state index in [9.17, 15) is 4.79 Å². The number of rotatable bonds is 6. The van der Waals surface area contributed by atoms with Crippen LogP contribution in [0.25, 0.3) is 0 Å². The maximum Gasteiger partial charge on any atom is 0.237 e. The normalized spacial score (nSPS) is 10.8. The second-order valence-corrected chi connectivity index (χ2v) is 6.15. The lowest BCUT2D eigenvalue weighted by atomic mass is 10.3. The van der Waals surface area contributed by atoms with Crippen LogP contribution in [0.3, 0.4) is 0 Å². The Morgan fingerprint density at radius 3 is 2.50 bits per heavy atom. The average Bonchev–Trinajstić information content (AvgIpc) is 3.28. The number of nitrogens with zero attached hydrogens (tertiary/aromatic N) is 5. The summed E-state index contributed by atoms with van der Waals surface area (Å²) >= 11 is 1.39. The van der Waals surface area contributed by atoms with Gasteiger partial charge in [-0.05, 0) is 24.3 Å². The summed E-state index contributed by atoms with van der Waals surface area (Å²) in [6.45, 7) is 2.03. The van der Waals surface area contributed by atoms with E-state index in [1.807, 2.05) is 71.1 Å². The summed E-state index contributed by atoms with van der Waals surface area (Å²) in [5, 5.41) is 9.16. The highest BCUT2D eigenvalue weighted by Crippen LogP contribution is 2.20. The molecule has 7 heteroatoms. The van der Waals surface area contributed by atoms with Gasteiger partial charge in [0.2, 0.25) is 11.1 Å². The molecule has 6 nitrogen and oxygen atoms in total. The Morgan fingerprint density at radius 2 is 1.83 bits per heavy atom. The Hall–Kier alpha value is -2.54. The van der Waals surface area contributed by atoms with Gasteiger partial charge in [-0.3, -0.25) is 9.47 Å². The second-order valence-electron chi connectivity index (χ2n) is 5.20. The van der Waals surface area contributed by atoms with Crippen LogP contribution in [0, 0.1) is 0 Å². The van der Waals surface area contributed by atoms with Gasteiger partial charge in [0.05, 0.1) is 5.75 Å². The molecule has 2 aromatic heterocycles. The average molecular weight is 341 g/mol. The quantitative estimate of drug-likeness (QED) is 0.647. The van der Waals surface area contributed by atoms with Crippen molar-refractivity contribution >= 4 is 23.4 Å². The summed E-state index contributed by atoms with van der Waals surface area (Å²) in [6, 6.07) is 13.5. The number of benzene rings is 1. The summed E-state index contributed by atoms with van der Waals surface area (Å²) in [6.07, 6.45) is 4.64. The maximum absolute atomic E-state index is 12.4. The van der Waals surface area contributed by atoms with E-state index in [-0.39, 0.29) is 5.91 Å². The fourth-order valence-corrected chi connectivity index (χ4v) is 3.18. The Labute approximate surface area is 145 Å². The van der Waals surface area contributed by atoms with Gasteiger partial charge < -0.3 is 4.90 Å². The lowest BCUT2D eigenvalue weighted by Gasteiger charge is -2.17. The number of thioether (sulfide) groups is 1. The monoisotopic (exact) mass is 341 g/mol. The highest BCUT2D eigenvalue weighted by atomic mass is 32.2. The van der Waals surface area contributed by atoms with Crippen molar-refractivity contribution < 1.29 is 4.79 Å². The summed E-state index contributed by atoms with van der Waals surface area (Å²) in [7, 11) is 1.78. The molecule has 2 heterocycles. The van der Waals surface area contributed by atoms with Gasteiger partial charge in [-0.25, -0.2) is 4.68 Å². The Kier molecular flexibility index (Phi) is 5.00. The van der Waals surface area contributed by atoms with Crippen LogP contribution >= 0.6 is 11.8 Å². The van der Waals surface area contributed by atoms with E-state index < -0.39 is 0 Å². The number of carbonyl (C=O) groups is 1. The van der Waals surface area contributed by atoms with Crippen LogP contribution in [0.5, 0.6) is 0 Å². The second kappa shape index (κ2) is 7.35. The summed E-state index contributed by atoms with van der Waals surface area (Å²) < 4.78 is 3.85. The topological polar surface area (TPSA) is 56.0 Å². The first-order valence-electron chi connectivity index (χ1n) is 7.73. The van der Waals surface area contributed by atoms with Crippen LogP contribution in [0.2, 0.25) is 0 Å². The van der Waals surface area contributed by atoms with Crippen molar-refractivity contribution in [3.8, 4) is 0 Å². The molecule has 0 atom stereocenters. The first-order valence-corrected chi connectivity index (χ1v) is 8.71. The number of carbonyl (C=O) groups excluding carboxylic acids is 1. The standard InChI is InChI=1S/C17H19N5OS/c1-3-15-18-19-17(22(15)21-11-7-8-12-21)24-13-16(23)20(2)14-9-5-4-6-10-14/h4-12H,3,13H2,1-2H3. The third-order valence-corrected chi connectivity index (χ3v) is 4.56. The molecular weight excluding hydrogens is 322 g/mol. The molecule has 1 amide bonds. The van der Waals surface area contributed by atoms with E-state index in [4.69, 9.17) is 0 Å². The fourth-order valence-electron chi connectivity index (χ4n) is 2.32. The van der Waals surface area contributed by atoms with E-state index in [1.165, 1.54) is 11.8 Å². The van der Waals surface area contributed by atoms with Crippen molar-refractivity contribution in [2.24, 2.45) is 0 Å². The minimum absolute atomic E-state index is 0.0197. The lowest BCUT2D eigenvalue weighted by Crippen LogP contribution is -2.28. The molecule has 0 aliphatic rings. The van der Waals surface area contributed by atoms with Gasteiger partial charge in [0, 0.05) is 31.5 Å². The van der Waals surface area contributed by atoms with Gasteiger partial charge in [0.15, 0.2) is 5.82 Å². The van der Waals surface area contributed by atoms with Crippen molar-refractivity contribution in [1.29, 1.82) is 0 Å². The largest absolute Gasteiger partial charge is 0.315 e. The predicted octanol–water partition coefficient (Wildman–Crippen LogP) is 2.71. The van der Waals surface area contributed by atoms with Crippen LogP contribution in [-0.4, -0.2) is 38.3 Å². The van der Waals surface area contributed by atoms with Gasteiger partial charge in [0.1, 0.15) is 0 Å². The van der Waals surface area contributed by atoms with Gasteiger partial charge in [-0.2, -0.15) is 0 Å². The minimum Gasteiger partial charge on any atom is -0.315 e. The number of anilines is 1. The summed E-state index contributed by atoms with van der Waals surface area (Å²) in [4.78, 5) is 14.1. The number of amides is 1. The van der Waals surface area contributed by atoms with E-state index in [0.717, 1.165) is 17.9 Å². The zero-order valence-corrected chi connectivity index (χ0v) is 14.5. The number of hydrogen-bond acceptors (Lipinski definition) is 4. The molecule has 0 radical (unpaired) electrons. The zero-order chi connectivity index (χ0) is 16.9. The van der Waals surface area contributed by atoms with Crippen LogP contribution in [-0.2, 0) is 11.2 Å². The molecule has 0 aliphatic carbocycles. The molecule has 0 spiro atoms. The molecule has 3 rings (SSSR count). The van der Waals surface area contributed by atoms with Crippen LogP contribution in [0.15, 0.2) is 60.0 Å². The van der Waals surface area contributed by atoms with Gasteiger partial charge in [-0.15, -0.1) is 10.2 Å². The number of hydrogen-bond donors (Lipinski definition) is 0. The predicted molar refractivity (Wildman–Crippen MR) is 95.2 cm³/mol. The van der Waals surface area contributed by atoms with E-state index in [0.29, 0.717) is 10.9 Å². The molecule has 0 aliphatic heterocycles. The van der Waals surface area contributed by atoms with Crippen molar-refractivity contribution in [3.05, 3.63) is 60.7 Å². The van der Waals surface area contributed by atoms with Crippen molar-refractivity contribution in [2.45, 2.75) is 18.5 Å². The number of aromatic nitrogens is 4. The van der Waals surface area contributed by atoms with Crippen molar-refractivity contribution in [3.63, 3.8) is 0 Å². The Bertz CT molecular complexity index is 798. The van der Waals surface area contributed by atoms with Crippen LogP contribution in [0.1, 0.15) is 12.7 Å². The summed E-state index contributed by atoms with van der Waals surface area (Å²) in [5.41, 5.74) is 0.879. The van der Waals surface area contributed by atoms with Crippen LogP contribution in [0.4, 0.5) is 5.69 Å². The van der Waals surface area contributed by atoms with Crippen molar-refractivity contribution in [2.75, 3.05) is 17.7 Å². The number of para-hydroxylation sites is 1. The van der Waals surface area contributed by atoms with Gasteiger partial charge in [-0.1, -0.05) is 36.9 Å². The molecule has 0 bridgehead atoms. The Balaban J connectivity index is 1.73. The third-order valence-electron chi connectivity index (χ3n) is 3.65. The third kappa shape index (κ3) is 3.35. The molecule has 0 saturated heterocycles. The molecule has 0 N–H and O–H groups in total. The summed E-state index contributed by atoms with van der Waals surface area (Å²) in [5.74, 6) is 1.18. The molecule has 0 saturated carbocycles. The molecule has 0 unspecified atom stereocenters.